The van der Waals surface area contributed by atoms with E-state index in [4.69, 9.17) is 0 Å². The maximum absolute atomic E-state index is 13.1. The zero-order chi connectivity index (χ0) is 10.6. The molecule has 1 rings (SSSR count). The van der Waals surface area contributed by atoms with Crippen molar-refractivity contribution in [2.24, 2.45) is 0 Å². The average Bonchev–Trinajstić information content (AvgIpc) is 2.20. The summed E-state index contributed by atoms with van der Waals surface area (Å²) in [6, 6.07) is 5.61. The second-order valence-corrected chi connectivity index (χ2v) is 2.87. The fraction of sp³-hybridized carbons (Fsp3) is 0.300. The van der Waals surface area contributed by atoms with Crippen LogP contribution in [-0.2, 0) is 9.53 Å². The molecule has 0 aliphatic heterocycles. The van der Waals surface area contributed by atoms with Crippen LogP contribution in [0.1, 0.15) is 6.92 Å². The van der Waals surface area contributed by atoms with Gasteiger partial charge in [-0.3, -0.25) is 0 Å². The van der Waals surface area contributed by atoms with Gasteiger partial charge in [0.05, 0.1) is 12.8 Å². The van der Waals surface area contributed by atoms with Gasteiger partial charge >= 0.3 is 5.97 Å². The van der Waals surface area contributed by atoms with Crippen LogP contribution in [0, 0.1) is 5.82 Å². The van der Waals surface area contributed by atoms with Gasteiger partial charge in [-0.05, 0) is 19.1 Å². The van der Waals surface area contributed by atoms with Crippen LogP contribution in [0.4, 0.5) is 10.1 Å². The first kappa shape index (κ1) is 10.5. The Morgan fingerprint density at radius 1 is 1.50 bits per heavy atom. The predicted octanol–water partition coefficient (Wildman–Crippen LogP) is 1.80. The fourth-order valence-corrected chi connectivity index (χ4v) is 1.05. The van der Waals surface area contributed by atoms with E-state index in [2.05, 4.69) is 10.1 Å². The number of hydrogen-bond donors (Lipinski definition) is 1. The Bertz CT molecular complexity index is 328. The molecule has 0 saturated heterocycles. The number of rotatable bonds is 3. The standard InChI is InChI=1S/C10H12FNO2/c1-7(10(13)14-2)12-9-6-4-3-5-8(9)11/h3-7,12H,1-2H3/t7-/m1/s1. The number of benzene rings is 1. The van der Waals surface area contributed by atoms with Gasteiger partial charge in [0.25, 0.3) is 0 Å². The SMILES string of the molecule is COC(=O)[C@@H](C)Nc1ccccc1F. The molecule has 0 saturated carbocycles. The third kappa shape index (κ3) is 2.45. The van der Waals surface area contributed by atoms with E-state index in [1.54, 1.807) is 25.1 Å². The number of nitrogens with one attached hydrogen (secondary N) is 1. The summed E-state index contributed by atoms with van der Waals surface area (Å²) in [4.78, 5) is 11.0. The van der Waals surface area contributed by atoms with Crippen molar-refractivity contribution in [3.8, 4) is 0 Å². The molecular weight excluding hydrogens is 185 g/mol. The molecular formula is C10H12FNO2. The molecule has 1 atom stereocenters. The Balaban J connectivity index is 2.69. The Labute approximate surface area is 81.9 Å². The van der Waals surface area contributed by atoms with Gasteiger partial charge in [0, 0.05) is 0 Å². The van der Waals surface area contributed by atoms with Crippen LogP contribution in [0.25, 0.3) is 0 Å². The minimum absolute atomic E-state index is 0.297. The van der Waals surface area contributed by atoms with Crippen molar-refractivity contribution in [3.63, 3.8) is 0 Å². The number of esters is 1. The summed E-state index contributed by atoms with van der Waals surface area (Å²) in [5, 5.41) is 2.71. The highest BCUT2D eigenvalue weighted by Gasteiger charge is 2.13. The molecule has 0 aliphatic rings. The maximum Gasteiger partial charge on any atom is 0.327 e. The molecule has 76 valence electrons. The zero-order valence-corrected chi connectivity index (χ0v) is 8.08. The lowest BCUT2D eigenvalue weighted by Gasteiger charge is -2.12. The van der Waals surface area contributed by atoms with Gasteiger partial charge < -0.3 is 10.1 Å². The summed E-state index contributed by atoms with van der Waals surface area (Å²) in [5.74, 6) is -0.809. The van der Waals surface area contributed by atoms with E-state index in [0.717, 1.165) is 0 Å². The molecule has 4 heteroatoms. The number of ether oxygens (including phenoxy) is 1. The van der Waals surface area contributed by atoms with E-state index in [-0.39, 0.29) is 5.82 Å². The molecule has 0 aliphatic carbocycles. The highest BCUT2D eigenvalue weighted by molar-refractivity contribution is 5.78. The van der Waals surface area contributed by atoms with Crippen LogP contribution in [0.3, 0.4) is 0 Å². The molecule has 14 heavy (non-hydrogen) atoms. The molecule has 0 heterocycles. The molecule has 0 bridgehead atoms. The molecule has 3 nitrogen and oxygen atoms in total. The number of carbonyl (C=O) groups is 1. The van der Waals surface area contributed by atoms with E-state index in [1.807, 2.05) is 0 Å². The molecule has 0 spiro atoms. The van der Waals surface area contributed by atoms with E-state index in [0.29, 0.717) is 5.69 Å². The largest absolute Gasteiger partial charge is 0.467 e. The Hall–Kier alpha value is -1.58. The lowest BCUT2D eigenvalue weighted by Crippen LogP contribution is -2.27. The smallest absolute Gasteiger partial charge is 0.327 e. The quantitative estimate of drug-likeness (QED) is 0.751. The topological polar surface area (TPSA) is 38.3 Å². The van der Waals surface area contributed by atoms with Crippen molar-refractivity contribution in [1.82, 2.24) is 0 Å². The maximum atomic E-state index is 13.1. The molecule has 0 unspecified atom stereocenters. The first-order valence-corrected chi connectivity index (χ1v) is 4.24. The van der Waals surface area contributed by atoms with Gasteiger partial charge in [0.15, 0.2) is 0 Å². The zero-order valence-electron chi connectivity index (χ0n) is 8.08. The Morgan fingerprint density at radius 3 is 2.71 bits per heavy atom. The molecule has 1 N–H and O–H groups in total. The number of para-hydroxylation sites is 1. The van der Waals surface area contributed by atoms with Crippen LogP contribution in [0.15, 0.2) is 24.3 Å². The second-order valence-electron chi connectivity index (χ2n) is 2.87. The lowest BCUT2D eigenvalue weighted by molar-refractivity contribution is -0.141. The van der Waals surface area contributed by atoms with E-state index < -0.39 is 12.0 Å². The molecule has 0 fully saturated rings. The molecule has 0 radical (unpaired) electrons. The minimum atomic E-state index is -0.558. The number of halogens is 1. The molecule has 0 aromatic heterocycles. The van der Waals surface area contributed by atoms with Crippen LogP contribution in [-0.4, -0.2) is 19.1 Å². The van der Waals surface area contributed by atoms with Gasteiger partial charge in [0.1, 0.15) is 11.9 Å². The predicted molar refractivity (Wildman–Crippen MR) is 51.5 cm³/mol. The number of hydrogen-bond acceptors (Lipinski definition) is 3. The minimum Gasteiger partial charge on any atom is -0.467 e. The van der Waals surface area contributed by atoms with Crippen molar-refractivity contribution in [1.29, 1.82) is 0 Å². The summed E-state index contributed by atoms with van der Waals surface area (Å²) in [7, 11) is 1.29. The second kappa shape index (κ2) is 4.60. The molecule has 1 aromatic rings. The van der Waals surface area contributed by atoms with Crippen LogP contribution >= 0.6 is 0 Å². The van der Waals surface area contributed by atoms with Crippen LogP contribution in [0.5, 0.6) is 0 Å². The fourth-order valence-electron chi connectivity index (χ4n) is 1.05. The number of carbonyl (C=O) groups excluding carboxylic acids is 1. The van der Waals surface area contributed by atoms with Crippen LogP contribution in [0.2, 0.25) is 0 Å². The molecule has 1 aromatic carbocycles. The van der Waals surface area contributed by atoms with E-state index in [1.165, 1.54) is 13.2 Å². The van der Waals surface area contributed by atoms with E-state index >= 15 is 0 Å². The summed E-state index contributed by atoms with van der Waals surface area (Å²) in [5.41, 5.74) is 0.297. The van der Waals surface area contributed by atoms with Crippen molar-refractivity contribution in [2.45, 2.75) is 13.0 Å². The first-order chi connectivity index (χ1) is 6.65. The van der Waals surface area contributed by atoms with Gasteiger partial charge in [-0.2, -0.15) is 0 Å². The number of anilines is 1. The van der Waals surface area contributed by atoms with Gasteiger partial charge in [-0.25, -0.2) is 9.18 Å². The monoisotopic (exact) mass is 197 g/mol. The first-order valence-electron chi connectivity index (χ1n) is 4.24. The van der Waals surface area contributed by atoms with Crippen molar-refractivity contribution >= 4 is 11.7 Å². The Kier molecular flexibility index (Phi) is 3.45. The number of methoxy groups -OCH3 is 1. The summed E-state index contributed by atoms with van der Waals surface area (Å²) >= 11 is 0. The lowest BCUT2D eigenvalue weighted by atomic mass is 10.2. The summed E-state index contributed by atoms with van der Waals surface area (Å²) < 4.78 is 17.6. The molecule has 0 amide bonds. The van der Waals surface area contributed by atoms with Crippen molar-refractivity contribution in [2.75, 3.05) is 12.4 Å². The van der Waals surface area contributed by atoms with Gasteiger partial charge in [-0.1, -0.05) is 12.1 Å². The van der Waals surface area contributed by atoms with Crippen molar-refractivity contribution < 1.29 is 13.9 Å². The highest BCUT2D eigenvalue weighted by atomic mass is 19.1. The summed E-state index contributed by atoms with van der Waals surface area (Å²) in [6.07, 6.45) is 0. The highest BCUT2D eigenvalue weighted by Crippen LogP contribution is 2.13. The third-order valence-corrected chi connectivity index (χ3v) is 1.80. The van der Waals surface area contributed by atoms with Gasteiger partial charge in [-0.15, -0.1) is 0 Å². The van der Waals surface area contributed by atoms with E-state index in [9.17, 15) is 9.18 Å². The average molecular weight is 197 g/mol. The summed E-state index contributed by atoms with van der Waals surface area (Å²) in [6.45, 7) is 1.61. The van der Waals surface area contributed by atoms with Crippen molar-refractivity contribution in [3.05, 3.63) is 30.1 Å². The normalized spacial score (nSPS) is 11.9. The third-order valence-electron chi connectivity index (χ3n) is 1.80. The van der Waals surface area contributed by atoms with Gasteiger partial charge in [0.2, 0.25) is 0 Å². The Morgan fingerprint density at radius 2 is 2.14 bits per heavy atom. The van der Waals surface area contributed by atoms with Crippen LogP contribution < -0.4 is 5.32 Å².